The first-order chi connectivity index (χ1) is 21.5. The van der Waals surface area contributed by atoms with Gasteiger partial charge in [-0.15, -0.1) is 0 Å². The number of aromatic nitrogens is 2. The Bertz CT molecular complexity index is 1730. The molecule has 1 aromatic heterocycles. The second kappa shape index (κ2) is 12.7. The first-order valence-corrected chi connectivity index (χ1v) is 14.9. The van der Waals surface area contributed by atoms with Crippen LogP contribution in [-0.2, 0) is 21.5 Å². The van der Waals surface area contributed by atoms with Crippen molar-refractivity contribution in [3.8, 4) is 6.07 Å². The molecule has 232 valence electrons. The van der Waals surface area contributed by atoms with Crippen LogP contribution >= 0.6 is 23.2 Å². The van der Waals surface area contributed by atoms with Gasteiger partial charge in [0.05, 0.1) is 34.5 Å². The van der Waals surface area contributed by atoms with Crippen molar-refractivity contribution >= 4 is 58.4 Å². The van der Waals surface area contributed by atoms with Crippen molar-refractivity contribution in [1.82, 2.24) is 19.8 Å². The van der Waals surface area contributed by atoms with Crippen LogP contribution in [0.1, 0.15) is 48.3 Å². The summed E-state index contributed by atoms with van der Waals surface area (Å²) in [4.78, 5) is 48.9. The molecular weight excluding hydrogens is 619 g/mol. The van der Waals surface area contributed by atoms with Gasteiger partial charge in [0, 0.05) is 34.8 Å². The fourth-order valence-electron chi connectivity index (χ4n) is 5.90. The lowest BCUT2D eigenvalue weighted by Crippen LogP contribution is -2.54. The van der Waals surface area contributed by atoms with E-state index in [9.17, 15) is 19.6 Å². The third-order valence-corrected chi connectivity index (χ3v) is 8.55. The highest BCUT2D eigenvalue weighted by molar-refractivity contribution is 6.35. The number of carbonyl (C=O) groups is 3. The molecular formula is C30H31Cl2N10O3+. The number of imidazole rings is 1. The molecule has 2 aliphatic rings. The number of hydrogen-bond acceptors (Lipinski definition) is 6. The number of fused-ring (bicyclic) bond motifs is 1. The van der Waals surface area contributed by atoms with Gasteiger partial charge in [-0.25, -0.2) is 9.88 Å². The minimum Gasteiger partial charge on any atom is -0.340 e. The Kier molecular flexibility index (Phi) is 8.90. The Balaban J connectivity index is 1.46. The van der Waals surface area contributed by atoms with Crippen LogP contribution in [0, 0.1) is 17.2 Å². The largest absolute Gasteiger partial charge is 0.340 e. The number of likely N-dealkylation sites (tertiary alicyclic amines) is 1. The summed E-state index contributed by atoms with van der Waals surface area (Å²) in [7, 11) is 0. The molecule has 0 saturated carbocycles. The summed E-state index contributed by atoms with van der Waals surface area (Å²) in [5.41, 5.74) is 0.383. The van der Waals surface area contributed by atoms with Crippen molar-refractivity contribution in [1.29, 1.82) is 5.26 Å². The lowest BCUT2D eigenvalue weighted by molar-refractivity contribution is -0.136. The Hall–Kier alpha value is -4.80. The van der Waals surface area contributed by atoms with E-state index in [0.717, 1.165) is 12.0 Å². The average molecular weight is 651 g/mol. The van der Waals surface area contributed by atoms with Gasteiger partial charge in [0.1, 0.15) is 17.3 Å². The van der Waals surface area contributed by atoms with Crippen LogP contribution in [0.4, 0.5) is 11.6 Å². The molecule has 5 N–H and O–H groups in total. The first-order valence-electron chi connectivity index (χ1n) is 14.2. The fraction of sp³-hybridized carbons (Fsp3) is 0.333. The molecule has 0 spiro atoms. The smallest absolute Gasteiger partial charge is 0.324 e. The molecule has 13 nitrogen and oxygen atoms in total. The molecule has 3 atom stereocenters. The second-order valence-corrected chi connectivity index (χ2v) is 12.1. The standard InChI is InChI=1S/C30H30Cl2N10O3/c1-17(27(44)40-9-3-4-20(16-40)25(34)38-39-35)37-26(43)24-15-36-29-41(23-11-21(31)10-22(32)12-23)28(45)30(2,42(24)29)13-18-5-7-19(14-33)8-6-18/h5-8,10-12,15,17,20H,3-4,9,13,16H2,1-2H3,(H,37,43)(H3,34,35,38)/p+1/t17-,20+,30+/m0/s1. The van der Waals surface area contributed by atoms with Crippen molar-refractivity contribution in [3.63, 3.8) is 0 Å². The number of hydrogen-bond donors (Lipinski definition) is 3. The number of nitrogens with one attached hydrogen (secondary N) is 1. The quantitative estimate of drug-likeness (QED) is 0.116. The second-order valence-electron chi connectivity index (χ2n) is 11.3. The van der Waals surface area contributed by atoms with Crippen LogP contribution in [0.2, 0.25) is 10.0 Å². The van der Waals surface area contributed by atoms with Gasteiger partial charge in [-0.3, -0.25) is 30.2 Å². The number of piperidine rings is 1. The molecule has 5 rings (SSSR count). The maximum Gasteiger partial charge on any atom is 0.324 e. The van der Waals surface area contributed by atoms with E-state index in [2.05, 4.69) is 26.7 Å². The van der Waals surface area contributed by atoms with E-state index in [1.54, 1.807) is 65.8 Å². The Labute approximate surface area is 269 Å². The summed E-state index contributed by atoms with van der Waals surface area (Å²) in [5, 5.41) is 25.6. The van der Waals surface area contributed by atoms with Gasteiger partial charge in [0.15, 0.2) is 0 Å². The zero-order valence-corrected chi connectivity index (χ0v) is 26.1. The van der Waals surface area contributed by atoms with Crippen molar-refractivity contribution < 1.29 is 19.8 Å². The molecule has 0 aliphatic carbocycles. The number of anilines is 2. The number of nitrogens with zero attached hydrogens (tertiary/aromatic N) is 7. The summed E-state index contributed by atoms with van der Waals surface area (Å²) in [6, 6.07) is 12.8. The lowest BCUT2D eigenvalue weighted by atomic mass is 9.91. The third kappa shape index (κ3) is 6.11. The maximum absolute atomic E-state index is 14.2. The number of amides is 3. The van der Waals surface area contributed by atoms with Gasteiger partial charge in [-0.05, 0) is 62.6 Å². The van der Waals surface area contributed by atoms with Crippen molar-refractivity contribution in [2.24, 2.45) is 22.1 Å². The van der Waals surface area contributed by atoms with Gasteiger partial charge in [0.25, 0.3) is 11.8 Å². The van der Waals surface area contributed by atoms with Crippen molar-refractivity contribution in [3.05, 3.63) is 75.5 Å². The minimum absolute atomic E-state index is 0.0854. The molecule has 15 heteroatoms. The molecule has 0 unspecified atom stereocenters. The molecule has 3 aromatic rings. The van der Waals surface area contributed by atoms with Crippen LogP contribution in [0.3, 0.4) is 0 Å². The zero-order chi connectivity index (χ0) is 32.5. The molecule has 0 radical (unpaired) electrons. The highest BCUT2D eigenvalue weighted by atomic mass is 35.5. The van der Waals surface area contributed by atoms with Gasteiger partial charge >= 0.3 is 5.84 Å². The normalized spacial score (nSPS) is 20.2. The predicted octanol–water partition coefficient (Wildman–Crippen LogP) is 2.54. The summed E-state index contributed by atoms with van der Waals surface area (Å²) >= 11 is 12.6. The average Bonchev–Trinajstić information content (AvgIpc) is 3.54. The molecule has 2 aromatic carbocycles. The summed E-state index contributed by atoms with van der Waals surface area (Å²) < 4.78 is 1.57. The van der Waals surface area contributed by atoms with E-state index >= 15 is 0 Å². The number of amidine groups is 1. The van der Waals surface area contributed by atoms with Crippen LogP contribution in [0.5, 0.6) is 0 Å². The van der Waals surface area contributed by atoms with Gasteiger partial charge in [-0.1, -0.05) is 35.3 Å². The maximum atomic E-state index is 14.2. The molecule has 3 amide bonds. The Morgan fingerprint density at radius 2 is 1.93 bits per heavy atom. The number of nitrogens with two attached hydrogens (primary N) is 2. The molecule has 3 heterocycles. The molecule has 0 bridgehead atoms. The Morgan fingerprint density at radius 1 is 1.24 bits per heavy atom. The zero-order valence-electron chi connectivity index (χ0n) is 24.6. The molecule has 1 saturated heterocycles. The fourth-order valence-corrected chi connectivity index (χ4v) is 6.41. The van der Waals surface area contributed by atoms with E-state index in [1.165, 1.54) is 11.1 Å². The van der Waals surface area contributed by atoms with E-state index < -0.39 is 17.5 Å². The topological polar surface area (TPSA) is 188 Å². The summed E-state index contributed by atoms with van der Waals surface area (Å²) in [5.74, 6) is 4.13. The third-order valence-electron chi connectivity index (χ3n) is 8.11. The first kappa shape index (κ1) is 31.6. The lowest BCUT2D eigenvalue weighted by Gasteiger charge is -2.32. The van der Waals surface area contributed by atoms with Crippen molar-refractivity contribution in [2.75, 3.05) is 18.0 Å². The van der Waals surface area contributed by atoms with Gasteiger partial charge in [0.2, 0.25) is 11.9 Å². The monoisotopic (exact) mass is 649 g/mol. The Morgan fingerprint density at radius 3 is 2.58 bits per heavy atom. The number of rotatable bonds is 7. The summed E-state index contributed by atoms with van der Waals surface area (Å²) in [6.45, 7) is 4.13. The SMILES string of the molecule is C[C@H](NC(=O)c1cnc2n1[C@](C)(Cc1ccc(C#N)cc1)C(=O)N2c1cc(Cl)cc(Cl)c1)C(=O)N1CCC[C@@H](C(=[NH2+])N=NN)C1. The number of nitriles is 1. The van der Waals surface area contributed by atoms with Crippen LogP contribution in [0.15, 0.2) is 59.0 Å². The minimum atomic E-state index is -1.32. The van der Waals surface area contributed by atoms with E-state index in [-0.39, 0.29) is 41.6 Å². The number of halogens is 2. The molecule has 1 fully saturated rings. The van der Waals surface area contributed by atoms with E-state index in [0.29, 0.717) is 40.8 Å². The summed E-state index contributed by atoms with van der Waals surface area (Å²) in [6.07, 6.45) is 2.98. The van der Waals surface area contributed by atoms with Gasteiger partial charge in [-0.2, -0.15) is 5.26 Å². The van der Waals surface area contributed by atoms with E-state index in [1.807, 2.05) is 0 Å². The molecule has 45 heavy (non-hydrogen) atoms. The highest BCUT2D eigenvalue weighted by Crippen LogP contribution is 2.43. The van der Waals surface area contributed by atoms with Crippen LogP contribution in [-0.4, -0.2) is 57.1 Å². The predicted molar refractivity (Wildman–Crippen MR) is 167 cm³/mol. The van der Waals surface area contributed by atoms with Crippen LogP contribution < -0.4 is 21.5 Å². The van der Waals surface area contributed by atoms with Gasteiger partial charge < -0.3 is 10.2 Å². The number of benzene rings is 2. The molecule has 2 aliphatic heterocycles. The van der Waals surface area contributed by atoms with E-state index in [4.69, 9.17) is 34.5 Å². The van der Waals surface area contributed by atoms with Crippen molar-refractivity contribution in [2.45, 2.75) is 44.7 Å². The number of carbonyl (C=O) groups excluding carboxylic acids is 3. The highest BCUT2D eigenvalue weighted by Gasteiger charge is 2.51. The van der Waals surface area contributed by atoms with Crippen LogP contribution in [0.25, 0.3) is 0 Å².